The van der Waals surface area contributed by atoms with E-state index in [2.05, 4.69) is 35.3 Å². The van der Waals surface area contributed by atoms with Crippen molar-refractivity contribution in [2.75, 3.05) is 31.1 Å². The molecule has 5 heteroatoms. The zero-order valence-corrected chi connectivity index (χ0v) is 15.9. The number of rotatable bonds is 5. The minimum absolute atomic E-state index is 0. The van der Waals surface area contributed by atoms with Gasteiger partial charge in [-0.3, -0.25) is 9.69 Å². The SMILES string of the molecule is CC1Cc2ccccc2N1C(=O)CN1CCC(NCC2CC2)CC1.Cl. The fourth-order valence-electron chi connectivity index (χ4n) is 4.16. The summed E-state index contributed by atoms with van der Waals surface area (Å²) in [7, 11) is 0. The van der Waals surface area contributed by atoms with Gasteiger partial charge in [-0.05, 0) is 63.1 Å². The first-order valence-electron chi connectivity index (χ1n) is 9.56. The average molecular weight is 364 g/mol. The second-order valence-electron chi connectivity index (χ2n) is 7.85. The zero-order valence-electron chi connectivity index (χ0n) is 15.1. The Labute approximate surface area is 157 Å². The second kappa shape index (κ2) is 8.07. The maximum atomic E-state index is 12.9. The normalized spacial score (nSPS) is 24.0. The first-order valence-corrected chi connectivity index (χ1v) is 9.56. The van der Waals surface area contributed by atoms with E-state index >= 15 is 0 Å². The van der Waals surface area contributed by atoms with Crippen LogP contribution in [0, 0.1) is 5.92 Å². The van der Waals surface area contributed by atoms with Gasteiger partial charge in [0.05, 0.1) is 6.54 Å². The molecule has 1 N–H and O–H groups in total. The minimum atomic E-state index is 0. The lowest BCUT2D eigenvalue weighted by Gasteiger charge is -2.33. The molecule has 2 fully saturated rings. The molecule has 2 aliphatic heterocycles. The molecule has 0 spiro atoms. The summed E-state index contributed by atoms with van der Waals surface area (Å²) < 4.78 is 0. The van der Waals surface area contributed by atoms with E-state index in [-0.39, 0.29) is 24.4 Å². The molecule has 138 valence electrons. The number of piperidine rings is 1. The Kier molecular flexibility index (Phi) is 6.03. The van der Waals surface area contributed by atoms with Crippen molar-refractivity contribution < 1.29 is 4.79 Å². The molecule has 1 saturated heterocycles. The van der Waals surface area contributed by atoms with Crippen molar-refractivity contribution >= 4 is 24.0 Å². The lowest BCUT2D eigenvalue weighted by Crippen LogP contribution is -2.48. The molecule has 2 heterocycles. The third kappa shape index (κ3) is 4.36. The summed E-state index contributed by atoms with van der Waals surface area (Å²) in [6.45, 7) is 6.00. The van der Waals surface area contributed by atoms with E-state index in [4.69, 9.17) is 0 Å². The van der Waals surface area contributed by atoms with Crippen molar-refractivity contribution in [3.63, 3.8) is 0 Å². The topological polar surface area (TPSA) is 35.6 Å². The van der Waals surface area contributed by atoms with E-state index in [1.807, 2.05) is 11.0 Å². The number of hydrogen-bond acceptors (Lipinski definition) is 3. The first-order chi connectivity index (χ1) is 11.7. The lowest BCUT2D eigenvalue weighted by molar-refractivity contribution is -0.120. The summed E-state index contributed by atoms with van der Waals surface area (Å²) in [6, 6.07) is 9.28. The maximum absolute atomic E-state index is 12.9. The van der Waals surface area contributed by atoms with Crippen LogP contribution in [0.4, 0.5) is 5.69 Å². The van der Waals surface area contributed by atoms with Gasteiger partial charge in [0.15, 0.2) is 0 Å². The van der Waals surface area contributed by atoms with Crippen LogP contribution < -0.4 is 10.2 Å². The van der Waals surface area contributed by atoms with Crippen molar-refractivity contribution in [2.24, 2.45) is 5.92 Å². The fraction of sp³-hybridized carbons (Fsp3) is 0.650. The molecule has 0 bridgehead atoms. The lowest BCUT2D eigenvalue weighted by atomic mass is 10.0. The summed E-state index contributed by atoms with van der Waals surface area (Å²) >= 11 is 0. The molecule has 4 rings (SSSR count). The Morgan fingerprint density at radius 3 is 2.60 bits per heavy atom. The maximum Gasteiger partial charge on any atom is 0.241 e. The van der Waals surface area contributed by atoms with Crippen LogP contribution >= 0.6 is 12.4 Å². The number of likely N-dealkylation sites (tertiary alicyclic amines) is 1. The van der Waals surface area contributed by atoms with Crippen molar-refractivity contribution in [2.45, 2.75) is 51.1 Å². The monoisotopic (exact) mass is 363 g/mol. The number of carbonyl (C=O) groups excluding carboxylic acids is 1. The molecule has 0 aromatic heterocycles. The summed E-state index contributed by atoms with van der Waals surface area (Å²) in [5.41, 5.74) is 2.43. The summed E-state index contributed by atoms with van der Waals surface area (Å²) in [5.74, 6) is 1.21. The summed E-state index contributed by atoms with van der Waals surface area (Å²) in [4.78, 5) is 17.2. The zero-order chi connectivity index (χ0) is 16.5. The van der Waals surface area contributed by atoms with Gasteiger partial charge in [0.2, 0.25) is 5.91 Å². The van der Waals surface area contributed by atoms with Gasteiger partial charge in [0, 0.05) is 30.9 Å². The number of nitrogens with one attached hydrogen (secondary N) is 1. The van der Waals surface area contributed by atoms with E-state index in [0.29, 0.717) is 12.6 Å². The molecule has 1 aromatic rings. The van der Waals surface area contributed by atoms with Crippen LogP contribution in [0.25, 0.3) is 0 Å². The van der Waals surface area contributed by atoms with Gasteiger partial charge in [0.25, 0.3) is 0 Å². The first kappa shape index (κ1) is 18.7. The van der Waals surface area contributed by atoms with Gasteiger partial charge >= 0.3 is 0 Å². The largest absolute Gasteiger partial charge is 0.314 e. The molecule has 25 heavy (non-hydrogen) atoms. The van der Waals surface area contributed by atoms with E-state index in [9.17, 15) is 4.79 Å². The highest BCUT2D eigenvalue weighted by molar-refractivity contribution is 5.97. The minimum Gasteiger partial charge on any atom is -0.314 e. The van der Waals surface area contributed by atoms with E-state index < -0.39 is 0 Å². The number of amides is 1. The number of benzene rings is 1. The van der Waals surface area contributed by atoms with Gasteiger partial charge in [-0.2, -0.15) is 0 Å². The quantitative estimate of drug-likeness (QED) is 0.873. The molecular weight excluding hydrogens is 334 g/mol. The molecule has 1 unspecified atom stereocenters. The van der Waals surface area contributed by atoms with Gasteiger partial charge in [-0.15, -0.1) is 12.4 Å². The molecule has 4 nitrogen and oxygen atoms in total. The highest BCUT2D eigenvalue weighted by atomic mass is 35.5. The number of halogens is 1. The summed E-state index contributed by atoms with van der Waals surface area (Å²) in [6.07, 6.45) is 6.15. The van der Waals surface area contributed by atoms with Crippen molar-refractivity contribution in [1.29, 1.82) is 0 Å². The molecule has 1 amide bonds. The van der Waals surface area contributed by atoms with Crippen LogP contribution in [-0.2, 0) is 11.2 Å². The smallest absolute Gasteiger partial charge is 0.241 e. The third-order valence-corrected chi connectivity index (χ3v) is 5.81. The molecule has 1 saturated carbocycles. The van der Waals surface area contributed by atoms with Crippen molar-refractivity contribution in [3.05, 3.63) is 29.8 Å². The average Bonchev–Trinajstić information content (AvgIpc) is 3.34. The van der Waals surface area contributed by atoms with Gasteiger partial charge in [-0.25, -0.2) is 0 Å². The van der Waals surface area contributed by atoms with Gasteiger partial charge in [0.1, 0.15) is 0 Å². The van der Waals surface area contributed by atoms with Crippen LogP contribution in [0.1, 0.15) is 38.2 Å². The van der Waals surface area contributed by atoms with Crippen LogP contribution in [0.2, 0.25) is 0 Å². The molecule has 3 aliphatic rings. The molecular formula is C20H30ClN3O. The number of fused-ring (bicyclic) bond motifs is 1. The van der Waals surface area contributed by atoms with Gasteiger partial charge < -0.3 is 10.2 Å². The van der Waals surface area contributed by atoms with E-state index in [1.165, 1.54) is 37.8 Å². The predicted octanol–water partition coefficient (Wildman–Crippen LogP) is 2.85. The highest BCUT2D eigenvalue weighted by Gasteiger charge is 2.32. The van der Waals surface area contributed by atoms with Crippen molar-refractivity contribution in [3.8, 4) is 0 Å². The van der Waals surface area contributed by atoms with E-state index in [1.54, 1.807) is 0 Å². The number of para-hydroxylation sites is 1. The molecule has 1 aliphatic carbocycles. The number of nitrogens with zero attached hydrogens (tertiary/aromatic N) is 2. The molecule has 0 radical (unpaired) electrons. The Morgan fingerprint density at radius 2 is 1.88 bits per heavy atom. The molecule has 1 aromatic carbocycles. The standard InChI is InChI=1S/C20H29N3O.ClH/c1-15-12-17-4-2-3-5-19(17)23(15)20(24)14-22-10-8-18(9-11-22)21-13-16-6-7-16;/h2-5,15-16,18,21H,6-14H2,1H3;1H. The predicted molar refractivity (Wildman–Crippen MR) is 105 cm³/mol. The third-order valence-electron chi connectivity index (χ3n) is 5.81. The summed E-state index contributed by atoms with van der Waals surface area (Å²) in [5, 5.41) is 3.71. The molecule has 1 atom stereocenters. The Hall–Kier alpha value is -1.10. The van der Waals surface area contributed by atoms with Crippen LogP contribution in [-0.4, -0.2) is 49.1 Å². The second-order valence-corrected chi connectivity index (χ2v) is 7.85. The number of carbonyl (C=O) groups is 1. The van der Waals surface area contributed by atoms with Crippen LogP contribution in [0.15, 0.2) is 24.3 Å². The fourth-order valence-corrected chi connectivity index (χ4v) is 4.16. The van der Waals surface area contributed by atoms with Gasteiger partial charge in [-0.1, -0.05) is 18.2 Å². The van der Waals surface area contributed by atoms with Crippen molar-refractivity contribution in [1.82, 2.24) is 10.2 Å². The Morgan fingerprint density at radius 1 is 1.16 bits per heavy atom. The highest BCUT2D eigenvalue weighted by Crippen LogP contribution is 2.32. The number of anilines is 1. The Bertz CT molecular complexity index is 596. The Balaban J connectivity index is 0.00000182. The van der Waals surface area contributed by atoms with Crippen LogP contribution in [0.3, 0.4) is 0 Å². The van der Waals surface area contributed by atoms with E-state index in [0.717, 1.165) is 31.1 Å². The number of hydrogen-bond donors (Lipinski definition) is 1. The van der Waals surface area contributed by atoms with Crippen LogP contribution in [0.5, 0.6) is 0 Å².